The highest BCUT2D eigenvalue weighted by Crippen LogP contribution is 2.28. The zero-order valence-corrected chi connectivity index (χ0v) is 9.47. The van der Waals surface area contributed by atoms with Gasteiger partial charge in [-0.3, -0.25) is 0 Å². The Bertz CT molecular complexity index is 291. The summed E-state index contributed by atoms with van der Waals surface area (Å²) in [6, 6.07) is 5.43. The van der Waals surface area contributed by atoms with E-state index >= 15 is 0 Å². The van der Waals surface area contributed by atoms with E-state index < -0.39 is 6.10 Å². The van der Waals surface area contributed by atoms with E-state index in [9.17, 15) is 5.11 Å². The fourth-order valence-corrected chi connectivity index (χ4v) is 1.59. The molecule has 0 aliphatic heterocycles. The average Bonchev–Trinajstić information content (AvgIpc) is 2.16. The Morgan fingerprint density at radius 3 is 2.85 bits per heavy atom. The number of aliphatic hydroxyl groups is 1. The van der Waals surface area contributed by atoms with Crippen LogP contribution in [0.15, 0.2) is 22.7 Å². The van der Waals surface area contributed by atoms with E-state index in [0.29, 0.717) is 11.3 Å². The summed E-state index contributed by atoms with van der Waals surface area (Å²) in [5.74, 6) is 0.809. The molecule has 0 aromatic heterocycles. The molecule has 1 aromatic carbocycles. The standard InChI is InChI=1S/C9H10BrClO2/c1-13-9-3-2-6(10)4-7(9)8(12)5-11/h2-4,8,12H,5H2,1H3/t8-/m0/s1. The Morgan fingerprint density at radius 2 is 2.31 bits per heavy atom. The number of methoxy groups -OCH3 is 1. The van der Waals surface area contributed by atoms with Gasteiger partial charge in [0.25, 0.3) is 0 Å². The van der Waals surface area contributed by atoms with Crippen LogP contribution in [0.25, 0.3) is 0 Å². The summed E-state index contributed by atoms with van der Waals surface area (Å²) in [5.41, 5.74) is 0.701. The molecular weight excluding hydrogens is 255 g/mol. The Labute approximate surface area is 90.6 Å². The molecule has 1 atom stereocenters. The largest absolute Gasteiger partial charge is 0.496 e. The summed E-state index contributed by atoms with van der Waals surface area (Å²) < 4.78 is 5.98. The lowest BCUT2D eigenvalue weighted by atomic mass is 10.1. The predicted molar refractivity (Wildman–Crippen MR) is 56.4 cm³/mol. The smallest absolute Gasteiger partial charge is 0.124 e. The van der Waals surface area contributed by atoms with Gasteiger partial charge >= 0.3 is 0 Å². The van der Waals surface area contributed by atoms with Crippen molar-refractivity contribution in [1.29, 1.82) is 0 Å². The summed E-state index contributed by atoms with van der Waals surface area (Å²) in [6.07, 6.45) is -0.686. The molecule has 0 heterocycles. The first-order valence-corrected chi connectivity index (χ1v) is 5.09. The van der Waals surface area contributed by atoms with Crippen molar-refractivity contribution in [2.75, 3.05) is 13.0 Å². The molecule has 0 aliphatic rings. The van der Waals surface area contributed by atoms with Crippen LogP contribution >= 0.6 is 27.5 Å². The van der Waals surface area contributed by atoms with Gasteiger partial charge in [-0.15, -0.1) is 11.6 Å². The average molecular weight is 266 g/mol. The Hall–Kier alpha value is -0.250. The molecular formula is C9H10BrClO2. The third-order valence-corrected chi connectivity index (χ3v) is 2.48. The molecule has 0 saturated heterocycles. The van der Waals surface area contributed by atoms with E-state index in [4.69, 9.17) is 16.3 Å². The SMILES string of the molecule is COc1ccc(Br)cc1[C@@H](O)CCl. The van der Waals surface area contributed by atoms with E-state index in [1.54, 1.807) is 19.2 Å². The molecule has 13 heavy (non-hydrogen) atoms. The molecule has 1 rings (SSSR count). The molecule has 0 aliphatic carbocycles. The second-order valence-electron chi connectivity index (χ2n) is 2.56. The van der Waals surface area contributed by atoms with Crippen molar-refractivity contribution in [2.24, 2.45) is 0 Å². The van der Waals surface area contributed by atoms with Crippen LogP contribution in [0.1, 0.15) is 11.7 Å². The van der Waals surface area contributed by atoms with E-state index in [1.807, 2.05) is 6.07 Å². The lowest BCUT2D eigenvalue weighted by molar-refractivity contribution is 0.197. The third kappa shape index (κ3) is 2.59. The van der Waals surface area contributed by atoms with Crippen LogP contribution in [0.4, 0.5) is 0 Å². The van der Waals surface area contributed by atoms with E-state index in [0.717, 1.165) is 4.47 Å². The van der Waals surface area contributed by atoms with Crippen molar-refractivity contribution in [3.63, 3.8) is 0 Å². The van der Waals surface area contributed by atoms with Gasteiger partial charge in [-0.1, -0.05) is 15.9 Å². The number of aliphatic hydroxyl groups excluding tert-OH is 1. The maximum Gasteiger partial charge on any atom is 0.124 e. The first-order valence-electron chi connectivity index (χ1n) is 3.76. The third-order valence-electron chi connectivity index (χ3n) is 1.70. The minimum atomic E-state index is -0.686. The van der Waals surface area contributed by atoms with Gasteiger partial charge in [-0.05, 0) is 18.2 Å². The van der Waals surface area contributed by atoms with E-state index in [-0.39, 0.29) is 5.88 Å². The second kappa shape index (κ2) is 4.84. The number of ether oxygens (including phenoxy) is 1. The normalized spacial score (nSPS) is 12.6. The number of benzene rings is 1. The lowest BCUT2D eigenvalue weighted by Gasteiger charge is -2.12. The molecule has 0 unspecified atom stereocenters. The quantitative estimate of drug-likeness (QED) is 0.852. The molecule has 0 fully saturated rings. The van der Waals surface area contributed by atoms with Crippen molar-refractivity contribution in [2.45, 2.75) is 6.10 Å². The number of halogens is 2. The lowest BCUT2D eigenvalue weighted by Crippen LogP contribution is -2.01. The Kier molecular flexibility index (Phi) is 4.03. The second-order valence-corrected chi connectivity index (χ2v) is 3.78. The summed E-state index contributed by atoms with van der Waals surface area (Å²) in [7, 11) is 1.56. The summed E-state index contributed by atoms with van der Waals surface area (Å²) >= 11 is 8.86. The van der Waals surface area contributed by atoms with Crippen LogP contribution in [0.5, 0.6) is 5.75 Å². The van der Waals surface area contributed by atoms with Crippen LogP contribution in [0.2, 0.25) is 0 Å². The number of alkyl halides is 1. The van der Waals surface area contributed by atoms with Crippen molar-refractivity contribution < 1.29 is 9.84 Å². The van der Waals surface area contributed by atoms with E-state index in [1.165, 1.54) is 0 Å². The van der Waals surface area contributed by atoms with Crippen molar-refractivity contribution >= 4 is 27.5 Å². The first-order chi connectivity index (χ1) is 6.19. The van der Waals surface area contributed by atoms with Gasteiger partial charge in [0, 0.05) is 10.0 Å². The molecule has 4 heteroatoms. The van der Waals surface area contributed by atoms with Crippen molar-refractivity contribution in [1.82, 2.24) is 0 Å². The van der Waals surface area contributed by atoms with Gasteiger partial charge in [-0.25, -0.2) is 0 Å². The van der Waals surface area contributed by atoms with Gasteiger partial charge < -0.3 is 9.84 Å². The fourth-order valence-electron chi connectivity index (χ4n) is 1.05. The minimum absolute atomic E-state index is 0.160. The van der Waals surface area contributed by atoms with E-state index in [2.05, 4.69) is 15.9 Å². The molecule has 0 radical (unpaired) electrons. The maximum absolute atomic E-state index is 9.53. The number of rotatable bonds is 3. The van der Waals surface area contributed by atoms with Gasteiger partial charge in [0.05, 0.1) is 19.1 Å². The minimum Gasteiger partial charge on any atom is -0.496 e. The maximum atomic E-state index is 9.53. The first kappa shape index (κ1) is 10.8. The topological polar surface area (TPSA) is 29.5 Å². The molecule has 72 valence electrons. The zero-order valence-electron chi connectivity index (χ0n) is 7.13. The molecule has 0 spiro atoms. The van der Waals surface area contributed by atoms with Crippen molar-refractivity contribution in [3.05, 3.63) is 28.2 Å². The molecule has 0 amide bonds. The van der Waals surface area contributed by atoms with Gasteiger partial charge in [-0.2, -0.15) is 0 Å². The Morgan fingerprint density at radius 1 is 1.62 bits per heavy atom. The monoisotopic (exact) mass is 264 g/mol. The summed E-state index contributed by atoms with van der Waals surface area (Å²) in [6.45, 7) is 0. The van der Waals surface area contributed by atoms with Crippen LogP contribution in [-0.4, -0.2) is 18.1 Å². The van der Waals surface area contributed by atoms with Crippen LogP contribution < -0.4 is 4.74 Å². The number of hydrogen-bond acceptors (Lipinski definition) is 2. The summed E-state index contributed by atoms with van der Waals surface area (Å²) in [5, 5.41) is 9.53. The number of hydrogen-bond donors (Lipinski definition) is 1. The van der Waals surface area contributed by atoms with Crippen LogP contribution in [0.3, 0.4) is 0 Å². The fraction of sp³-hybridized carbons (Fsp3) is 0.333. The van der Waals surface area contributed by atoms with Crippen molar-refractivity contribution in [3.8, 4) is 5.75 Å². The molecule has 2 nitrogen and oxygen atoms in total. The highest BCUT2D eigenvalue weighted by atomic mass is 79.9. The molecule has 0 saturated carbocycles. The highest BCUT2D eigenvalue weighted by Gasteiger charge is 2.12. The van der Waals surface area contributed by atoms with Crippen LogP contribution in [0, 0.1) is 0 Å². The summed E-state index contributed by atoms with van der Waals surface area (Å²) in [4.78, 5) is 0. The van der Waals surface area contributed by atoms with Crippen LogP contribution in [-0.2, 0) is 0 Å². The predicted octanol–water partition coefficient (Wildman–Crippen LogP) is 2.73. The highest BCUT2D eigenvalue weighted by molar-refractivity contribution is 9.10. The molecule has 1 N–H and O–H groups in total. The molecule has 1 aromatic rings. The Balaban J connectivity index is 3.07. The van der Waals surface area contributed by atoms with Gasteiger partial charge in [0.1, 0.15) is 5.75 Å². The van der Waals surface area contributed by atoms with Gasteiger partial charge in [0.2, 0.25) is 0 Å². The zero-order chi connectivity index (χ0) is 9.84. The van der Waals surface area contributed by atoms with Gasteiger partial charge in [0.15, 0.2) is 0 Å². The molecule has 0 bridgehead atoms.